The summed E-state index contributed by atoms with van der Waals surface area (Å²) in [6.45, 7) is 2.62. The molecular formula is C30H29N3O3S. The number of hydrogen-bond donors (Lipinski definition) is 2. The third-order valence-corrected chi connectivity index (χ3v) is 6.46. The van der Waals surface area contributed by atoms with Crippen molar-refractivity contribution in [2.24, 2.45) is 0 Å². The van der Waals surface area contributed by atoms with E-state index in [2.05, 4.69) is 10.6 Å². The number of anilines is 2. The van der Waals surface area contributed by atoms with E-state index in [1.165, 1.54) is 11.8 Å². The lowest BCUT2D eigenvalue weighted by atomic mass is 10.2. The molecule has 188 valence electrons. The Morgan fingerprint density at radius 3 is 2.08 bits per heavy atom. The van der Waals surface area contributed by atoms with Gasteiger partial charge in [0.2, 0.25) is 5.91 Å². The fraction of sp³-hybridized carbons (Fsp3) is 0.133. The molecule has 0 saturated heterocycles. The van der Waals surface area contributed by atoms with Crippen molar-refractivity contribution in [1.29, 1.82) is 0 Å². The molecule has 0 heterocycles. The number of urea groups is 1. The number of aryl methyl sites for hydroxylation is 1. The third kappa shape index (κ3) is 8.15. The summed E-state index contributed by atoms with van der Waals surface area (Å²) in [5.74, 6) is 1.63. The fourth-order valence-electron chi connectivity index (χ4n) is 3.52. The number of amides is 3. The van der Waals surface area contributed by atoms with Gasteiger partial charge >= 0.3 is 6.03 Å². The van der Waals surface area contributed by atoms with Gasteiger partial charge in [0.05, 0.1) is 5.75 Å². The third-order valence-electron chi connectivity index (χ3n) is 5.45. The number of benzene rings is 4. The smallest absolute Gasteiger partial charge is 0.326 e. The summed E-state index contributed by atoms with van der Waals surface area (Å²) < 4.78 is 5.88. The number of nitrogens with one attached hydrogen (secondary N) is 2. The van der Waals surface area contributed by atoms with Crippen LogP contribution in [0.25, 0.3) is 0 Å². The molecule has 0 aromatic heterocycles. The number of para-hydroxylation sites is 1. The predicted octanol–water partition coefficient (Wildman–Crippen LogP) is 6.73. The predicted molar refractivity (Wildman–Crippen MR) is 151 cm³/mol. The van der Waals surface area contributed by atoms with Crippen LogP contribution in [-0.4, -0.2) is 30.8 Å². The number of carbonyl (C=O) groups is 2. The zero-order valence-corrected chi connectivity index (χ0v) is 21.4. The van der Waals surface area contributed by atoms with Gasteiger partial charge in [-0.05, 0) is 67.6 Å². The molecule has 7 heteroatoms. The zero-order valence-electron chi connectivity index (χ0n) is 20.6. The Kier molecular flexibility index (Phi) is 9.21. The molecule has 4 aromatic rings. The lowest BCUT2D eigenvalue weighted by Gasteiger charge is -2.24. The number of hydrogen-bond acceptors (Lipinski definition) is 4. The largest absolute Gasteiger partial charge is 0.457 e. The maximum Gasteiger partial charge on any atom is 0.326 e. The van der Waals surface area contributed by atoms with Gasteiger partial charge in [0, 0.05) is 29.4 Å². The lowest BCUT2D eigenvalue weighted by molar-refractivity contribution is -0.118. The molecule has 0 aliphatic rings. The van der Waals surface area contributed by atoms with Crippen LogP contribution < -0.4 is 20.3 Å². The molecule has 0 atom stereocenters. The molecule has 0 fully saturated rings. The highest BCUT2D eigenvalue weighted by Crippen LogP contribution is 2.25. The topological polar surface area (TPSA) is 70.7 Å². The first-order valence-corrected chi connectivity index (χ1v) is 13.0. The Balaban J connectivity index is 1.39. The van der Waals surface area contributed by atoms with Crippen molar-refractivity contribution in [3.8, 4) is 11.5 Å². The van der Waals surface area contributed by atoms with Crippen LogP contribution in [0.2, 0.25) is 0 Å². The molecule has 0 bridgehead atoms. The van der Waals surface area contributed by atoms with Crippen LogP contribution in [0.5, 0.6) is 11.5 Å². The quantitative estimate of drug-likeness (QED) is 0.232. The molecule has 4 aromatic carbocycles. The highest BCUT2D eigenvalue weighted by atomic mass is 32.2. The first-order chi connectivity index (χ1) is 18.1. The number of carbonyl (C=O) groups excluding carboxylic acids is 2. The average molecular weight is 512 g/mol. The minimum atomic E-state index is -0.284. The van der Waals surface area contributed by atoms with Gasteiger partial charge in [-0.15, -0.1) is 11.8 Å². The van der Waals surface area contributed by atoms with E-state index in [0.717, 1.165) is 16.2 Å². The van der Waals surface area contributed by atoms with E-state index >= 15 is 0 Å². The summed E-state index contributed by atoms with van der Waals surface area (Å²) in [5.41, 5.74) is 2.51. The fourth-order valence-corrected chi connectivity index (χ4v) is 4.27. The summed E-state index contributed by atoms with van der Waals surface area (Å²) in [6, 6.07) is 33.9. The van der Waals surface area contributed by atoms with Gasteiger partial charge in [0.15, 0.2) is 0 Å². The van der Waals surface area contributed by atoms with Gasteiger partial charge in [0.1, 0.15) is 11.5 Å². The van der Waals surface area contributed by atoms with E-state index in [1.807, 2.05) is 116 Å². The van der Waals surface area contributed by atoms with Crippen LogP contribution in [0.4, 0.5) is 16.2 Å². The average Bonchev–Trinajstić information content (AvgIpc) is 2.93. The van der Waals surface area contributed by atoms with Crippen molar-refractivity contribution in [2.75, 3.05) is 29.1 Å². The highest BCUT2D eigenvalue weighted by molar-refractivity contribution is 8.00. The summed E-state index contributed by atoms with van der Waals surface area (Å²) in [7, 11) is 0. The van der Waals surface area contributed by atoms with Gasteiger partial charge < -0.3 is 15.4 Å². The standard InChI is InChI=1S/C30H29N3O3S/c1-23-12-14-24(15-13-23)32-30(35)33(21-20-31-29(34)22-37-28-10-6-3-7-11-28)25-16-18-27(19-17-25)36-26-8-4-2-5-9-26/h2-19H,20-22H2,1H3,(H,31,34)(H,32,35). The van der Waals surface area contributed by atoms with E-state index in [4.69, 9.17) is 4.74 Å². The Morgan fingerprint density at radius 1 is 0.784 bits per heavy atom. The Hall–Kier alpha value is -4.23. The van der Waals surface area contributed by atoms with Gasteiger partial charge in [-0.25, -0.2) is 4.79 Å². The molecule has 0 spiro atoms. The van der Waals surface area contributed by atoms with Crippen molar-refractivity contribution in [1.82, 2.24) is 5.32 Å². The maximum absolute atomic E-state index is 13.2. The van der Waals surface area contributed by atoms with E-state index in [1.54, 1.807) is 4.90 Å². The molecule has 3 amide bonds. The zero-order chi connectivity index (χ0) is 25.9. The van der Waals surface area contributed by atoms with E-state index in [9.17, 15) is 9.59 Å². The lowest BCUT2D eigenvalue weighted by Crippen LogP contribution is -2.41. The maximum atomic E-state index is 13.2. The molecule has 0 aliphatic heterocycles. The highest BCUT2D eigenvalue weighted by Gasteiger charge is 2.17. The Morgan fingerprint density at radius 2 is 1.41 bits per heavy atom. The normalized spacial score (nSPS) is 10.4. The van der Waals surface area contributed by atoms with E-state index in [0.29, 0.717) is 36.0 Å². The monoisotopic (exact) mass is 511 g/mol. The second-order valence-corrected chi connectivity index (χ2v) is 9.36. The second kappa shape index (κ2) is 13.2. The summed E-state index contributed by atoms with van der Waals surface area (Å²) in [6.07, 6.45) is 0. The Labute approximate surface area is 221 Å². The van der Waals surface area contributed by atoms with Crippen LogP contribution in [0.1, 0.15) is 5.56 Å². The minimum Gasteiger partial charge on any atom is -0.457 e. The van der Waals surface area contributed by atoms with Crippen molar-refractivity contribution in [2.45, 2.75) is 11.8 Å². The molecule has 0 saturated carbocycles. The molecule has 0 radical (unpaired) electrons. The molecule has 4 rings (SSSR count). The van der Waals surface area contributed by atoms with Crippen LogP contribution in [-0.2, 0) is 4.79 Å². The number of thioether (sulfide) groups is 1. The molecular weight excluding hydrogens is 482 g/mol. The van der Waals surface area contributed by atoms with E-state index < -0.39 is 0 Å². The van der Waals surface area contributed by atoms with Crippen molar-refractivity contribution in [3.63, 3.8) is 0 Å². The summed E-state index contributed by atoms with van der Waals surface area (Å²) >= 11 is 1.48. The number of ether oxygens (including phenoxy) is 1. The Bertz CT molecular complexity index is 1280. The second-order valence-electron chi connectivity index (χ2n) is 8.31. The van der Waals surface area contributed by atoms with Crippen molar-refractivity contribution >= 4 is 35.1 Å². The van der Waals surface area contributed by atoms with Crippen molar-refractivity contribution in [3.05, 3.63) is 115 Å². The van der Waals surface area contributed by atoms with Crippen LogP contribution in [0.3, 0.4) is 0 Å². The molecule has 0 aliphatic carbocycles. The SMILES string of the molecule is Cc1ccc(NC(=O)N(CCNC(=O)CSc2ccccc2)c2ccc(Oc3ccccc3)cc2)cc1. The summed E-state index contributed by atoms with van der Waals surface area (Å²) in [5, 5.41) is 5.86. The number of rotatable bonds is 10. The van der Waals surface area contributed by atoms with Crippen molar-refractivity contribution < 1.29 is 14.3 Å². The van der Waals surface area contributed by atoms with Crippen LogP contribution in [0, 0.1) is 6.92 Å². The summed E-state index contributed by atoms with van der Waals surface area (Å²) in [4.78, 5) is 28.2. The minimum absolute atomic E-state index is 0.0839. The molecule has 6 nitrogen and oxygen atoms in total. The van der Waals surface area contributed by atoms with Gasteiger partial charge in [-0.3, -0.25) is 9.69 Å². The molecule has 37 heavy (non-hydrogen) atoms. The van der Waals surface area contributed by atoms with Gasteiger partial charge in [0.25, 0.3) is 0 Å². The van der Waals surface area contributed by atoms with Gasteiger partial charge in [-0.1, -0.05) is 54.1 Å². The first kappa shape index (κ1) is 25.9. The molecule has 2 N–H and O–H groups in total. The van der Waals surface area contributed by atoms with Crippen LogP contribution >= 0.6 is 11.8 Å². The van der Waals surface area contributed by atoms with E-state index in [-0.39, 0.29) is 11.9 Å². The molecule has 0 unspecified atom stereocenters. The first-order valence-electron chi connectivity index (χ1n) is 12.0. The van der Waals surface area contributed by atoms with Crippen LogP contribution in [0.15, 0.2) is 114 Å². The van der Waals surface area contributed by atoms with Gasteiger partial charge in [-0.2, -0.15) is 0 Å². The number of nitrogens with zero attached hydrogens (tertiary/aromatic N) is 1.